The number of nitrogens with zero attached hydrogens (tertiary/aromatic N) is 1. The van der Waals surface area contributed by atoms with E-state index in [1.165, 1.54) is 24.1 Å². The normalized spacial score (nSPS) is 18.2. The summed E-state index contributed by atoms with van der Waals surface area (Å²) >= 11 is 0. The molecule has 1 aromatic rings. The minimum atomic E-state index is -4.79. The zero-order chi connectivity index (χ0) is 17.7. The number of carbonyl (C=O) groups is 2. The second-order valence-corrected chi connectivity index (χ2v) is 5.09. The number of carbonyl (C=O) groups excluding carboxylic acids is 2. The van der Waals surface area contributed by atoms with Gasteiger partial charge in [-0.05, 0) is 17.7 Å². The van der Waals surface area contributed by atoms with Gasteiger partial charge in [0.05, 0.1) is 26.7 Å². The van der Waals surface area contributed by atoms with Gasteiger partial charge in [0.2, 0.25) is 5.91 Å². The van der Waals surface area contributed by atoms with Crippen molar-refractivity contribution in [3.8, 4) is 5.75 Å². The second kappa shape index (κ2) is 7.52. The van der Waals surface area contributed by atoms with Crippen LogP contribution >= 0.6 is 0 Å². The summed E-state index contributed by atoms with van der Waals surface area (Å²) in [5.74, 6) is -1.29. The van der Waals surface area contributed by atoms with Crippen LogP contribution in [0.1, 0.15) is 5.56 Å². The smallest absolute Gasteiger partial charge is 0.467 e. The first-order chi connectivity index (χ1) is 11.3. The number of amides is 1. The van der Waals surface area contributed by atoms with Crippen molar-refractivity contribution in [1.29, 1.82) is 0 Å². The lowest BCUT2D eigenvalue weighted by molar-refractivity contribution is -0.274. The van der Waals surface area contributed by atoms with Crippen molar-refractivity contribution >= 4 is 11.9 Å². The Bertz CT molecular complexity index is 605. The fourth-order valence-corrected chi connectivity index (χ4v) is 2.29. The lowest BCUT2D eigenvalue weighted by Gasteiger charge is -2.31. The highest BCUT2D eigenvalue weighted by Gasteiger charge is 2.32. The topological polar surface area (TPSA) is 65.1 Å². The van der Waals surface area contributed by atoms with Crippen LogP contribution < -0.4 is 4.74 Å². The van der Waals surface area contributed by atoms with E-state index in [2.05, 4.69) is 9.47 Å². The molecule has 1 aromatic carbocycles. The lowest BCUT2D eigenvalue weighted by Crippen LogP contribution is -2.49. The first-order valence-electron chi connectivity index (χ1n) is 7.10. The van der Waals surface area contributed by atoms with Crippen molar-refractivity contribution in [2.75, 3.05) is 26.8 Å². The van der Waals surface area contributed by atoms with Crippen LogP contribution in [-0.4, -0.2) is 56.0 Å². The first-order valence-corrected chi connectivity index (χ1v) is 7.10. The molecule has 0 N–H and O–H groups in total. The number of hydrogen-bond acceptors (Lipinski definition) is 5. The summed E-state index contributed by atoms with van der Waals surface area (Å²) in [5.41, 5.74) is 0.378. The van der Waals surface area contributed by atoms with Crippen LogP contribution in [0.25, 0.3) is 0 Å². The summed E-state index contributed by atoms with van der Waals surface area (Å²) in [6.07, 6.45) is -5.75. The minimum Gasteiger partial charge on any atom is -0.467 e. The summed E-state index contributed by atoms with van der Waals surface area (Å²) < 4.78 is 50.3. The Morgan fingerprint density at radius 1 is 1.38 bits per heavy atom. The highest BCUT2D eigenvalue weighted by atomic mass is 19.4. The Kier molecular flexibility index (Phi) is 5.66. The molecule has 0 aliphatic carbocycles. The number of morpholine rings is 1. The van der Waals surface area contributed by atoms with E-state index in [9.17, 15) is 22.8 Å². The van der Waals surface area contributed by atoms with Gasteiger partial charge in [0, 0.05) is 6.54 Å². The van der Waals surface area contributed by atoms with Crippen LogP contribution in [0, 0.1) is 0 Å². The summed E-state index contributed by atoms with van der Waals surface area (Å²) in [6, 6.07) is 5.22. The molecule has 6 nitrogen and oxygen atoms in total. The maximum Gasteiger partial charge on any atom is 0.573 e. The third-order valence-corrected chi connectivity index (χ3v) is 3.37. The number of methoxy groups -OCH3 is 1. The molecule has 9 heteroatoms. The summed E-state index contributed by atoms with van der Waals surface area (Å²) in [6.45, 7) is 0.526. The molecule has 0 unspecified atom stereocenters. The molecule has 1 heterocycles. The molecule has 0 radical (unpaired) electrons. The third-order valence-electron chi connectivity index (χ3n) is 3.37. The van der Waals surface area contributed by atoms with Gasteiger partial charge < -0.3 is 19.1 Å². The molecule has 24 heavy (non-hydrogen) atoms. The number of esters is 1. The molecule has 1 atom stereocenters. The van der Waals surface area contributed by atoms with Crippen molar-refractivity contribution in [3.63, 3.8) is 0 Å². The monoisotopic (exact) mass is 347 g/mol. The number of hydrogen-bond donors (Lipinski definition) is 0. The van der Waals surface area contributed by atoms with Gasteiger partial charge in [-0.15, -0.1) is 13.2 Å². The van der Waals surface area contributed by atoms with Crippen LogP contribution in [0.3, 0.4) is 0 Å². The molecule has 0 aromatic heterocycles. The van der Waals surface area contributed by atoms with Gasteiger partial charge in [0.25, 0.3) is 0 Å². The van der Waals surface area contributed by atoms with Gasteiger partial charge in [-0.3, -0.25) is 4.79 Å². The molecular formula is C15H16F3NO5. The summed E-state index contributed by atoms with van der Waals surface area (Å²) in [5, 5.41) is 0. The van der Waals surface area contributed by atoms with Gasteiger partial charge >= 0.3 is 12.3 Å². The Morgan fingerprint density at radius 2 is 2.12 bits per heavy atom. The molecule has 0 bridgehead atoms. The molecular weight excluding hydrogens is 331 g/mol. The van der Waals surface area contributed by atoms with E-state index in [0.717, 1.165) is 12.1 Å². The molecule has 2 rings (SSSR count). The zero-order valence-electron chi connectivity index (χ0n) is 12.8. The molecule has 1 aliphatic rings. The Hall–Kier alpha value is -2.29. The maximum atomic E-state index is 12.3. The van der Waals surface area contributed by atoms with Crippen LogP contribution in [-0.2, 0) is 25.5 Å². The SMILES string of the molecule is COC(=O)[C@@H]1CN(C(=O)Cc2cccc(OC(F)(F)F)c2)CCO1. The van der Waals surface area contributed by atoms with Crippen molar-refractivity contribution in [2.24, 2.45) is 0 Å². The standard InChI is InChI=1S/C15H16F3NO5/c1-22-14(21)12-9-19(5-6-23-12)13(20)8-10-3-2-4-11(7-10)24-15(16,17)18/h2-4,7,12H,5-6,8-9H2,1H3/t12-/m0/s1. The summed E-state index contributed by atoms with van der Waals surface area (Å²) in [7, 11) is 1.22. The highest BCUT2D eigenvalue weighted by molar-refractivity contribution is 5.81. The van der Waals surface area contributed by atoms with Gasteiger partial charge in [-0.1, -0.05) is 12.1 Å². The Morgan fingerprint density at radius 3 is 2.79 bits per heavy atom. The Balaban J connectivity index is 1.99. The fraction of sp³-hybridized carbons (Fsp3) is 0.467. The lowest BCUT2D eigenvalue weighted by atomic mass is 10.1. The number of halogens is 3. The molecule has 0 saturated carbocycles. The average Bonchev–Trinajstić information content (AvgIpc) is 2.53. The van der Waals surface area contributed by atoms with Crippen LogP contribution in [0.2, 0.25) is 0 Å². The van der Waals surface area contributed by atoms with Crippen molar-refractivity contribution in [3.05, 3.63) is 29.8 Å². The maximum absolute atomic E-state index is 12.3. The zero-order valence-corrected chi connectivity index (χ0v) is 12.8. The molecule has 1 amide bonds. The van der Waals surface area contributed by atoms with Crippen LogP contribution in [0.4, 0.5) is 13.2 Å². The third kappa shape index (κ3) is 5.12. The van der Waals surface area contributed by atoms with E-state index in [1.54, 1.807) is 0 Å². The van der Waals surface area contributed by atoms with E-state index < -0.39 is 18.4 Å². The van der Waals surface area contributed by atoms with Gasteiger partial charge in [0.15, 0.2) is 6.10 Å². The van der Waals surface area contributed by atoms with Gasteiger partial charge in [-0.2, -0.15) is 0 Å². The molecule has 1 aliphatic heterocycles. The highest BCUT2D eigenvalue weighted by Crippen LogP contribution is 2.23. The van der Waals surface area contributed by atoms with E-state index in [1.807, 2.05) is 0 Å². The van der Waals surface area contributed by atoms with Crippen LogP contribution in [0.15, 0.2) is 24.3 Å². The second-order valence-electron chi connectivity index (χ2n) is 5.09. The number of benzene rings is 1. The fourth-order valence-electron chi connectivity index (χ4n) is 2.29. The van der Waals surface area contributed by atoms with E-state index in [4.69, 9.17) is 4.74 Å². The predicted molar refractivity (Wildman–Crippen MR) is 75.2 cm³/mol. The Labute approximate surface area is 136 Å². The number of ether oxygens (including phenoxy) is 3. The van der Waals surface area contributed by atoms with Gasteiger partial charge in [-0.25, -0.2) is 4.79 Å². The quantitative estimate of drug-likeness (QED) is 0.773. The number of rotatable bonds is 4. The summed E-state index contributed by atoms with van der Waals surface area (Å²) in [4.78, 5) is 25.2. The largest absolute Gasteiger partial charge is 0.573 e. The van der Waals surface area contributed by atoms with Crippen LogP contribution in [0.5, 0.6) is 5.75 Å². The number of alkyl halides is 3. The van der Waals surface area contributed by atoms with Crippen molar-refractivity contribution < 1.29 is 37.0 Å². The van der Waals surface area contributed by atoms with E-state index in [-0.39, 0.29) is 31.2 Å². The molecule has 1 saturated heterocycles. The molecule has 0 spiro atoms. The van der Waals surface area contributed by atoms with E-state index in [0.29, 0.717) is 12.1 Å². The predicted octanol–water partition coefficient (Wildman–Crippen LogP) is 1.53. The van der Waals surface area contributed by atoms with E-state index >= 15 is 0 Å². The van der Waals surface area contributed by atoms with Crippen molar-refractivity contribution in [1.82, 2.24) is 4.90 Å². The molecule has 132 valence electrons. The first kappa shape index (κ1) is 18.1. The average molecular weight is 347 g/mol. The molecule has 1 fully saturated rings. The van der Waals surface area contributed by atoms with Gasteiger partial charge in [0.1, 0.15) is 5.75 Å². The minimum absolute atomic E-state index is 0.0459. The van der Waals surface area contributed by atoms with Crippen molar-refractivity contribution in [2.45, 2.75) is 18.9 Å².